The Morgan fingerprint density at radius 1 is 1.04 bits per heavy atom. The second kappa shape index (κ2) is 6.60. The third kappa shape index (κ3) is 3.36. The summed E-state index contributed by atoms with van der Waals surface area (Å²) in [5, 5.41) is 7.84. The molecule has 1 saturated heterocycles. The average Bonchev–Trinajstić information content (AvgIpc) is 3.24. The predicted octanol–water partition coefficient (Wildman–Crippen LogP) is 1.45. The van der Waals surface area contributed by atoms with E-state index in [9.17, 15) is 0 Å². The van der Waals surface area contributed by atoms with Gasteiger partial charge in [-0.05, 0) is 19.1 Å². The lowest BCUT2D eigenvalue weighted by atomic mass is 10.2. The van der Waals surface area contributed by atoms with Gasteiger partial charge in [0.1, 0.15) is 5.82 Å². The molecule has 9 heteroatoms. The van der Waals surface area contributed by atoms with Crippen molar-refractivity contribution in [2.24, 2.45) is 0 Å². The molecule has 0 amide bonds. The van der Waals surface area contributed by atoms with Gasteiger partial charge in [0.2, 0.25) is 5.89 Å². The molecule has 4 rings (SSSR count). The van der Waals surface area contributed by atoms with Gasteiger partial charge in [-0.25, -0.2) is 4.98 Å². The topological polar surface area (TPSA) is 97.2 Å². The average molecular weight is 341 g/mol. The highest BCUT2D eigenvalue weighted by Crippen LogP contribution is 2.28. The van der Waals surface area contributed by atoms with Crippen LogP contribution in [0.15, 0.2) is 27.4 Å². The summed E-state index contributed by atoms with van der Waals surface area (Å²) in [7, 11) is 0. The number of aryl methyl sites for hydroxylation is 2. The van der Waals surface area contributed by atoms with E-state index in [2.05, 4.69) is 35.1 Å². The SMILES string of the molecule is Cc1noc(-c2cccnc2N2CCN(Cc3noc(C)n3)CC2)n1. The number of pyridine rings is 1. The Labute approximate surface area is 144 Å². The van der Waals surface area contributed by atoms with E-state index in [1.165, 1.54) is 0 Å². The van der Waals surface area contributed by atoms with E-state index < -0.39 is 0 Å². The summed E-state index contributed by atoms with van der Waals surface area (Å²) in [4.78, 5) is 17.7. The maximum atomic E-state index is 5.32. The molecule has 0 atom stereocenters. The second-order valence-corrected chi connectivity index (χ2v) is 6.01. The van der Waals surface area contributed by atoms with Gasteiger partial charge in [0.25, 0.3) is 5.89 Å². The van der Waals surface area contributed by atoms with Gasteiger partial charge in [-0.2, -0.15) is 9.97 Å². The van der Waals surface area contributed by atoms with Crippen LogP contribution in [0.5, 0.6) is 0 Å². The number of aromatic nitrogens is 5. The van der Waals surface area contributed by atoms with Crippen molar-refractivity contribution < 1.29 is 9.05 Å². The van der Waals surface area contributed by atoms with Crippen molar-refractivity contribution in [3.05, 3.63) is 35.9 Å². The second-order valence-electron chi connectivity index (χ2n) is 6.01. The lowest BCUT2D eigenvalue weighted by Crippen LogP contribution is -2.46. The zero-order valence-corrected chi connectivity index (χ0v) is 14.2. The third-order valence-electron chi connectivity index (χ3n) is 4.15. The Kier molecular flexibility index (Phi) is 4.14. The van der Waals surface area contributed by atoms with Crippen molar-refractivity contribution in [2.45, 2.75) is 20.4 Å². The molecule has 0 unspecified atom stereocenters. The van der Waals surface area contributed by atoms with E-state index >= 15 is 0 Å². The van der Waals surface area contributed by atoms with Crippen molar-refractivity contribution in [3.8, 4) is 11.5 Å². The van der Waals surface area contributed by atoms with Gasteiger partial charge < -0.3 is 13.9 Å². The molecular weight excluding hydrogens is 322 g/mol. The molecule has 3 aromatic heterocycles. The van der Waals surface area contributed by atoms with Gasteiger partial charge >= 0.3 is 0 Å². The van der Waals surface area contributed by atoms with E-state index in [0.717, 1.165) is 43.4 Å². The van der Waals surface area contributed by atoms with Gasteiger partial charge in [0.05, 0.1) is 12.1 Å². The van der Waals surface area contributed by atoms with Crippen LogP contribution in [0.25, 0.3) is 11.5 Å². The minimum atomic E-state index is 0.505. The number of hydrogen-bond donors (Lipinski definition) is 0. The minimum absolute atomic E-state index is 0.505. The summed E-state index contributed by atoms with van der Waals surface area (Å²) < 4.78 is 10.4. The smallest absolute Gasteiger partial charge is 0.261 e. The standard InChI is InChI=1S/C16H19N7O2/c1-11-18-16(25-20-11)13-4-3-5-17-15(13)23-8-6-22(7-9-23)10-14-19-12(2)24-21-14/h3-5H,6-10H2,1-2H3. The van der Waals surface area contributed by atoms with Crippen molar-refractivity contribution in [1.29, 1.82) is 0 Å². The summed E-state index contributed by atoms with van der Waals surface area (Å²) in [5.41, 5.74) is 0.866. The number of hydrogen-bond acceptors (Lipinski definition) is 9. The fourth-order valence-corrected chi connectivity index (χ4v) is 2.95. The minimum Gasteiger partial charge on any atom is -0.353 e. The van der Waals surface area contributed by atoms with Crippen LogP contribution in [0.2, 0.25) is 0 Å². The summed E-state index contributed by atoms with van der Waals surface area (Å²) in [6, 6.07) is 3.84. The van der Waals surface area contributed by atoms with Crippen LogP contribution >= 0.6 is 0 Å². The first-order chi connectivity index (χ1) is 12.2. The van der Waals surface area contributed by atoms with Crippen LogP contribution in [0, 0.1) is 13.8 Å². The largest absolute Gasteiger partial charge is 0.353 e. The van der Waals surface area contributed by atoms with Crippen LogP contribution in [-0.4, -0.2) is 56.3 Å². The van der Waals surface area contributed by atoms with Gasteiger partial charge in [-0.1, -0.05) is 10.3 Å². The van der Waals surface area contributed by atoms with E-state index in [0.29, 0.717) is 24.2 Å². The van der Waals surface area contributed by atoms with E-state index in [1.807, 2.05) is 19.1 Å². The molecule has 1 aliphatic heterocycles. The van der Waals surface area contributed by atoms with Crippen LogP contribution in [0.3, 0.4) is 0 Å². The Bertz CT molecular complexity index is 852. The van der Waals surface area contributed by atoms with Gasteiger partial charge in [-0.15, -0.1) is 0 Å². The first kappa shape index (κ1) is 15.7. The third-order valence-corrected chi connectivity index (χ3v) is 4.15. The monoisotopic (exact) mass is 341 g/mol. The van der Waals surface area contributed by atoms with E-state index in [-0.39, 0.29) is 0 Å². The van der Waals surface area contributed by atoms with Crippen LogP contribution in [-0.2, 0) is 6.54 Å². The first-order valence-corrected chi connectivity index (χ1v) is 8.21. The highest BCUT2D eigenvalue weighted by molar-refractivity contribution is 5.69. The molecular formula is C16H19N7O2. The summed E-state index contributed by atoms with van der Waals surface area (Å²) in [6.45, 7) is 7.81. The molecule has 3 aromatic rings. The lowest BCUT2D eigenvalue weighted by Gasteiger charge is -2.35. The Hall–Kier alpha value is -2.81. The fraction of sp³-hybridized carbons (Fsp3) is 0.438. The predicted molar refractivity (Wildman–Crippen MR) is 88.8 cm³/mol. The Morgan fingerprint density at radius 2 is 1.88 bits per heavy atom. The number of rotatable bonds is 4. The highest BCUT2D eigenvalue weighted by Gasteiger charge is 2.23. The maximum absolute atomic E-state index is 5.32. The fourth-order valence-electron chi connectivity index (χ4n) is 2.95. The van der Waals surface area contributed by atoms with E-state index in [1.54, 1.807) is 13.1 Å². The van der Waals surface area contributed by atoms with Crippen molar-refractivity contribution >= 4 is 5.82 Å². The lowest BCUT2D eigenvalue weighted by molar-refractivity contribution is 0.239. The molecule has 0 radical (unpaired) electrons. The summed E-state index contributed by atoms with van der Waals surface area (Å²) >= 11 is 0. The molecule has 1 aliphatic rings. The molecule has 0 aliphatic carbocycles. The summed E-state index contributed by atoms with van der Waals surface area (Å²) in [6.07, 6.45) is 1.79. The normalized spacial score (nSPS) is 15.7. The molecule has 0 bridgehead atoms. The quantitative estimate of drug-likeness (QED) is 0.698. The van der Waals surface area contributed by atoms with Crippen LogP contribution < -0.4 is 4.90 Å². The van der Waals surface area contributed by atoms with Gasteiger partial charge in [-0.3, -0.25) is 4.90 Å². The van der Waals surface area contributed by atoms with Crippen molar-refractivity contribution in [1.82, 2.24) is 30.2 Å². The zero-order valence-electron chi connectivity index (χ0n) is 14.2. The summed E-state index contributed by atoms with van der Waals surface area (Å²) in [5.74, 6) is 3.32. The zero-order chi connectivity index (χ0) is 17.2. The molecule has 4 heterocycles. The molecule has 1 fully saturated rings. The maximum Gasteiger partial charge on any atom is 0.261 e. The Balaban J connectivity index is 1.46. The van der Waals surface area contributed by atoms with Gasteiger partial charge in [0, 0.05) is 39.3 Å². The molecule has 25 heavy (non-hydrogen) atoms. The first-order valence-electron chi connectivity index (χ1n) is 8.21. The van der Waals surface area contributed by atoms with Crippen molar-refractivity contribution in [2.75, 3.05) is 31.1 Å². The Morgan fingerprint density at radius 3 is 2.56 bits per heavy atom. The molecule has 0 aromatic carbocycles. The molecule has 0 N–H and O–H groups in total. The van der Waals surface area contributed by atoms with Crippen LogP contribution in [0.1, 0.15) is 17.5 Å². The molecule has 0 spiro atoms. The molecule has 9 nitrogen and oxygen atoms in total. The van der Waals surface area contributed by atoms with Crippen LogP contribution in [0.4, 0.5) is 5.82 Å². The van der Waals surface area contributed by atoms with Gasteiger partial charge in [0.15, 0.2) is 11.6 Å². The number of nitrogens with zero attached hydrogens (tertiary/aromatic N) is 7. The highest BCUT2D eigenvalue weighted by atomic mass is 16.5. The van der Waals surface area contributed by atoms with Crippen molar-refractivity contribution in [3.63, 3.8) is 0 Å². The molecule has 130 valence electrons. The number of anilines is 1. The number of piperazine rings is 1. The van der Waals surface area contributed by atoms with E-state index in [4.69, 9.17) is 9.05 Å². The molecule has 0 saturated carbocycles.